The van der Waals surface area contributed by atoms with Crippen LogP contribution >= 0.6 is 0 Å². The standard InChI is InChI=1S/C24H26O8.C22H24O6.C21H26O2.2C15H19N3O4/c1-16(25)31-20-15-29-23(24(27)30-14-19-11-7-4-8-12-19)22(32-17(2)26)21(20)28-13-18-9-5-3-6-10-18;1-16(23)28-21-15-26-20(22(24)27-14-18-10-6-3-7-11-18)12-19(21)25-13-17-8-4-2-5-9-17;1-3-8-18(9-4-1)15-22-16-20-12-7-13-21(14-20)23-17-19-10-5-2-6-11-19;2*1-11(19)20-9-13-7-15(14(10-21-13)17-18-16)22-8-12-5-3-2-4-6-12/h3-12,20-23H,13-15H2,1-2H3;2-11,19-21H,12-15H2,1H3;1-6,8-11,20-21H,7,12-17H2;2*2-6,13-15H,7-10H2,1H3/t20?,21-,22+,23?;19-,20?,21?;20?,21-;2*13?,14?,15-/m01011/s1. The van der Waals surface area contributed by atoms with Gasteiger partial charge in [-0.1, -0.05) is 259 Å². The summed E-state index contributed by atoms with van der Waals surface area (Å²) in [5.41, 5.74) is 25.5. The average Bonchev–Trinajstić information content (AvgIpc) is 0.798. The van der Waals surface area contributed by atoms with Gasteiger partial charge in [-0.05, 0) is 80.8 Å². The van der Waals surface area contributed by atoms with Gasteiger partial charge in [-0.2, -0.15) is 0 Å². The molecule has 8 aromatic rings. The van der Waals surface area contributed by atoms with Gasteiger partial charge in [0.2, 0.25) is 0 Å². The van der Waals surface area contributed by atoms with E-state index in [0.717, 1.165) is 53.0 Å². The normalized spacial score (nSPS) is 22.7. The molecule has 0 spiro atoms. The van der Waals surface area contributed by atoms with E-state index in [-0.39, 0.29) is 114 Å². The Bertz CT molecular complexity index is 4530. The number of ether oxygens (including phenoxy) is 17. The van der Waals surface area contributed by atoms with Crippen LogP contribution in [0.2, 0.25) is 0 Å². The SMILES string of the molecule is CC(=O)OC1COC(C(=O)OCc2ccccc2)C[C@H]1OCc1ccccc1.CC(=O)OC1COC(C(=O)OCc2ccccc2)[C@H](OC(C)=O)[C@H]1OCc1ccccc1.CC(=O)OCC1C[C@@H](OCc2ccccc2)C(N=[N+]=[N-])CO1.CC(=O)OCC1C[C@@H](OCc2ccccc2)C(N=[N+]=[N-])CO1.c1ccc(COCC2CCC[C@H](OCc3ccccc3)C2)cc1. The van der Waals surface area contributed by atoms with Crippen LogP contribution in [-0.4, -0.2) is 173 Å². The molecule has 676 valence electrons. The Balaban J connectivity index is 0.000000181. The number of carbonyl (C=O) groups is 7. The van der Waals surface area contributed by atoms with Crippen LogP contribution < -0.4 is 0 Å². The number of nitrogens with zero attached hydrogens (tertiary/aromatic N) is 6. The number of rotatable bonds is 34. The maximum absolute atomic E-state index is 12.8. The van der Waals surface area contributed by atoms with Crippen LogP contribution in [0, 0.1) is 5.92 Å². The minimum Gasteiger partial charge on any atom is -0.463 e. The van der Waals surface area contributed by atoms with Gasteiger partial charge in [0, 0.05) is 70.3 Å². The van der Waals surface area contributed by atoms with Crippen molar-refractivity contribution in [3.05, 3.63) is 308 Å². The third-order valence-electron chi connectivity index (χ3n) is 20.6. The number of carbonyl (C=O) groups excluding carboxylic acids is 7. The lowest BCUT2D eigenvalue weighted by atomic mass is 9.88. The summed E-state index contributed by atoms with van der Waals surface area (Å²) >= 11 is 0. The zero-order valence-corrected chi connectivity index (χ0v) is 72.3. The predicted octanol–water partition coefficient (Wildman–Crippen LogP) is 15.8. The molecule has 4 heterocycles. The van der Waals surface area contributed by atoms with E-state index in [1.54, 1.807) is 0 Å². The Morgan fingerprint density at radius 1 is 0.331 bits per heavy atom. The summed E-state index contributed by atoms with van der Waals surface area (Å²) in [4.78, 5) is 87.4. The van der Waals surface area contributed by atoms with E-state index in [2.05, 4.69) is 68.6 Å². The summed E-state index contributed by atoms with van der Waals surface area (Å²) < 4.78 is 94.8. The number of hydrogen-bond acceptors (Lipinski definition) is 26. The van der Waals surface area contributed by atoms with Crippen LogP contribution in [0.15, 0.2) is 253 Å². The Hall–Kier alpha value is -11.7. The topological polar surface area (TPSA) is 374 Å². The molecular formula is C97H114N6O24. The fraction of sp³-hybridized carbons (Fsp3) is 0.433. The molecule has 30 nitrogen and oxygen atoms in total. The minimum atomic E-state index is -1.23. The van der Waals surface area contributed by atoms with Crippen molar-refractivity contribution in [2.75, 3.05) is 46.2 Å². The van der Waals surface area contributed by atoms with Crippen molar-refractivity contribution in [3.8, 4) is 0 Å². The van der Waals surface area contributed by atoms with Crippen LogP contribution in [0.3, 0.4) is 0 Å². The zero-order chi connectivity index (χ0) is 90.0. The summed E-state index contributed by atoms with van der Waals surface area (Å²) in [6.45, 7) is 11.3. The lowest BCUT2D eigenvalue weighted by Gasteiger charge is -2.40. The van der Waals surface area contributed by atoms with E-state index < -0.39 is 72.6 Å². The third-order valence-corrected chi connectivity index (χ3v) is 20.6. The van der Waals surface area contributed by atoms with Gasteiger partial charge in [0.05, 0.1) is 109 Å². The second kappa shape index (κ2) is 56.4. The minimum absolute atomic E-state index is 0.0369. The Morgan fingerprint density at radius 3 is 1.09 bits per heavy atom. The van der Waals surface area contributed by atoms with Crippen LogP contribution in [0.25, 0.3) is 20.9 Å². The molecule has 30 heteroatoms. The van der Waals surface area contributed by atoms with Gasteiger partial charge in [-0.15, -0.1) is 0 Å². The molecule has 5 aliphatic rings. The largest absolute Gasteiger partial charge is 0.463 e. The first kappa shape index (κ1) is 99.1. The second-order valence-corrected chi connectivity index (χ2v) is 30.6. The highest BCUT2D eigenvalue weighted by atomic mass is 16.7. The Labute approximate surface area is 740 Å². The molecule has 127 heavy (non-hydrogen) atoms. The van der Waals surface area contributed by atoms with Crippen molar-refractivity contribution in [2.24, 2.45) is 16.1 Å². The monoisotopic (exact) mass is 1750 g/mol. The van der Waals surface area contributed by atoms with Crippen LogP contribution in [-0.2, 0) is 167 Å². The van der Waals surface area contributed by atoms with Gasteiger partial charge in [0.1, 0.15) is 38.6 Å². The molecule has 4 saturated heterocycles. The lowest BCUT2D eigenvalue weighted by Crippen LogP contribution is -2.59. The van der Waals surface area contributed by atoms with Crippen LogP contribution in [0.5, 0.6) is 0 Å². The molecule has 0 aromatic heterocycles. The first-order chi connectivity index (χ1) is 61.8. The van der Waals surface area contributed by atoms with E-state index >= 15 is 0 Å². The smallest absolute Gasteiger partial charge is 0.339 e. The number of hydrogen-bond donors (Lipinski definition) is 0. The van der Waals surface area contributed by atoms with Crippen molar-refractivity contribution < 1.29 is 114 Å². The molecule has 1 aliphatic carbocycles. The van der Waals surface area contributed by atoms with Crippen molar-refractivity contribution in [3.63, 3.8) is 0 Å². The van der Waals surface area contributed by atoms with Gasteiger partial charge >= 0.3 is 41.8 Å². The van der Waals surface area contributed by atoms with Crippen molar-refractivity contribution in [1.82, 2.24) is 0 Å². The molecule has 8 aromatic carbocycles. The zero-order valence-electron chi connectivity index (χ0n) is 72.3. The maximum Gasteiger partial charge on any atom is 0.339 e. The first-order valence-corrected chi connectivity index (χ1v) is 42.5. The van der Waals surface area contributed by atoms with Gasteiger partial charge in [-0.25, -0.2) is 9.59 Å². The Kier molecular flexibility index (Phi) is 44.0. The van der Waals surface area contributed by atoms with E-state index in [9.17, 15) is 33.6 Å². The van der Waals surface area contributed by atoms with Crippen LogP contribution in [0.4, 0.5) is 0 Å². The number of azide groups is 2. The molecule has 0 amide bonds. The molecule has 15 atom stereocenters. The summed E-state index contributed by atoms with van der Waals surface area (Å²) in [6.07, 6.45) is -0.427. The van der Waals surface area contributed by atoms with Gasteiger partial charge < -0.3 is 80.5 Å². The third kappa shape index (κ3) is 37.8. The summed E-state index contributed by atoms with van der Waals surface area (Å²) in [5, 5.41) is 7.46. The molecule has 0 N–H and O–H groups in total. The molecule has 13 rings (SSSR count). The molecular weight excluding hydrogens is 1630 g/mol. The highest BCUT2D eigenvalue weighted by molar-refractivity contribution is 5.77. The second-order valence-electron chi connectivity index (χ2n) is 30.6. The quantitative estimate of drug-likeness (QED) is 0.0119. The number of esters is 7. The first-order valence-electron chi connectivity index (χ1n) is 42.5. The predicted molar refractivity (Wildman–Crippen MR) is 464 cm³/mol. The highest BCUT2D eigenvalue weighted by Crippen LogP contribution is 2.31. The molecule has 5 fully saturated rings. The van der Waals surface area contributed by atoms with Gasteiger partial charge in [0.15, 0.2) is 30.5 Å². The van der Waals surface area contributed by atoms with E-state index in [1.807, 2.05) is 194 Å². The van der Waals surface area contributed by atoms with E-state index in [0.29, 0.717) is 51.3 Å². The summed E-state index contributed by atoms with van der Waals surface area (Å²) in [5.74, 6) is -2.78. The van der Waals surface area contributed by atoms with Crippen LogP contribution in [0.1, 0.15) is 124 Å². The van der Waals surface area contributed by atoms with E-state index in [4.69, 9.17) is 91.6 Å². The number of benzene rings is 8. The molecule has 4 aliphatic heterocycles. The average molecular weight is 1750 g/mol. The molecule has 0 radical (unpaired) electrons. The van der Waals surface area contributed by atoms with Gasteiger partial charge in [-0.3, -0.25) is 24.0 Å². The molecule has 9 unspecified atom stereocenters. The Morgan fingerprint density at radius 2 is 0.693 bits per heavy atom. The summed E-state index contributed by atoms with van der Waals surface area (Å²) in [6, 6.07) is 77.2. The molecule has 0 bridgehead atoms. The maximum atomic E-state index is 12.8. The molecule has 1 saturated carbocycles. The summed E-state index contributed by atoms with van der Waals surface area (Å²) in [7, 11) is 0. The highest BCUT2D eigenvalue weighted by Gasteiger charge is 2.49. The fourth-order valence-electron chi connectivity index (χ4n) is 14.2. The van der Waals surface area contributed by atoms with E-state index in [1.165, 1.54) is 65.0 Å². The van der Waals surface area contributed by atoms with Crippen molar-refractivity contribution in [2.45, 2.75) is 218 Å². The van der Waals surface area contributed by atoms with Gasteiger partial charge in [0.25, 0.3) is 0 Å². The van der Waals surface area contributed by atoms with Crippen molar-refractivity contribution in [1.29, 1.82) is 0 Å². The fourth-order valence-corrected chi connectivity index (χ4v) is 14.2. The van der Waals surface area contributed by atoms with Crippen molar-refractivity contribution >= 4 is 41.8 Å². The lowest BCUT2D eigenvalue weighted by molar-refractivity contribution is -0.233.